The SMILES string of the molecule is CCCOc1cccc(C2c3c(oc4ccccc4c3=O)C(=O)N2c2ccc(OCC)cc2)c1. The van der Waals surface area contributed by atoms with E-state index >= 15 is 0 Å². The van der Waals surface area contributed by atoms with Crippen molar-refractivity contribution in [3.8, 4) is 11.5 Å². The van der Waals surface area contributed by atoms with E-state index in [0.29, 0.717) is 46.9 Å². The van der Waals surface area contributed by atoms with E-state index in [2.05, 4.69) is 0 Å². The molecule has 1 aromatic heterocycles. The van der Waals surface area contributed by atoms with Gasteiger partial charge in [0, 0.05) is 5.69 Å². The van der Waals surface area contributed by atoms with Crippen molar-refractivity contribution in [1.82, 2.24) is 0 Å². The van der Waals surface area contributed by atoms with Crippen LogP contribution in [-0.2, 0) is 0 Å². The molecule has 2 heterocycles. The molecular weight excluding hydrogens is 430 g/mol. The van der Waals surface area contributed by atoms with Gasteiger partial charge in [0.25, 0.3) is 5.91 Å². The molecule has 1 amide bonds. The van der Waals surface area contributed by atoms with Crippen LogP contribution in [0, 0.1) is 0 Å². The Labute approximate surface area is 197 Å². The van der Waals surface area contributed by atoms with Gasteiger partial charge in [-0.25, -0.2) is 0 Å². The predicted octanol–water partition coefficient (Wildman–Crippen LogP) is 5.73. The highest BCUT2D eigenvalue weighted by atomic mass is 16.5. The first-order valence-electron chi connectivity index (χ1n) is 11.5. The van der Waals surface area contributed by atoms with Gasteiger partial charge in [-0.05, 0) is 67.4 Å². The summed E-state index contributed by atoms with van der Waals surface area (Å²) >= 11 is 0. The molecule has 0 saturated carbocycles. The molecule has 0 radical (unpaired) electrons. The number of amides is 1. The number of fused-ring (bicyclic) bond motifs is 2. The van der Waals surface area contributed by atoms with Crippen LogP contribution in [0.15, 0.2) is 82.0 Å². The van der Waals surface area contributed by atoms with E-state index in [1.54, 1.807) is 29.2 Å². The van der Waals surface area contributed by atoms with Crippen LogP contribution in [0.3, 0.4) is 0 Å². The molecule has 1 aliphatic rings. The van der Waals surface area contributed by atoms with Crippen LogP contribution in [0.5, 0.6) is 11.5 Å². The molecule has 0 spiro atoms. The third-order valence-corrected chi connectivity index (χ3v) is 5.85. The summed E-state index contributed by atoms with van der Waals surface area (Å²) in [6.45, 7) is 5.09. The second-order valence-corrected chi connectivity index (χ2v) is 8.10. The lowest BCUT2D eigenvalue weighted by Crippen LogP contribution is -2.29. The quantitative estimate of drug-likeness (QED) is 0.356. The van der Waals surface area contributed by atoms with Gasteiger partial charge in [0.1, 0.15) is 17.1 Å². The van der Waals surface area contributed by atoms with Crippen LogP contribution in [0.25, 0.3) is 11.0 Å². The minimum atomic E-state index is -0.647. The molecule has 0 bridgehead atoms. The fourth-order valence-electron chi connectivity index (χ4n) is 4.37. The second-order valence-electron chi connectivity index (χ2n) is 8.10. The van der Waals surface area contributed by atoms with Crippen molar-refractivity contribution in [2.24, 2.45) is 0 Å². The maximum atomic E-state index is 13.7. The van der Waals surface area contributed by atoms with Crippen LogP contribution < -0.4 is 19.8 Å². The summed E-state index contributed by atoms with van der Waals surface area (Å²) in [7, 11) is 0. The van der Waals surface area contributed by atoms with E-state index in [9.17, 15) is 9.59 Å². The number of nitrogens with zero attached hydrogens (tertiary/aromatic N) is 1. The monoisotopic (exact) mass is 455 g/mol. The van der Waals surface area contributed by atoms with Gasteiger partial charge in [-0.2, -0.15) is 0 Å². The van der Waals surface area contributed by atoms with E-state index in [1.807, 2.05) is 62.4 Å². The summed E-state index contributed by atoms with van der Waals surface area (Å²) in [4.78, 5) is 28.9. The highest BCUT2D eigenvalue weighted by Crippen LogP contribution is 2.42. The number of ether oxygens (including phenoxy) is 2. The van der Waals surface area contributed by atoms with Gasteiger partial charge >= 0.3 is 0 Å². The van der Waals surface area contributed by atoms with Gasteiger partial charge in [0.15, 0.2) is 5.43 Å². The molecule has 1 unspecified atom stereocenters. The van der Waals surface area contributed by atoms with Crippen molar-refractivity contribution in [1.29, 1.82) is 0 Å². The molecule has 3 aromatic carbocycles. The first-order valence-corrected chi connectivity index (χ1v) is 11.5. The minimum Gasteiger partial charge on any atom is -0.494 e. The number of anilines is 1. The van der Waals surface area contributed by atoms with E-state index in [1.165, 1.54) is 0 Å². The Morgan fingerprint density at radius 1 is 0.882 bits per heavy atom. The molecule has 5 rings (SSSR count). The normalized spacial score (nSPS) is 14.9. The van der Waals surface area contributed by atoms with Crippen molar-refractivity contribution in [2.45, 2.75) is 26.3 Å². The van der Waals surface area contributed by atoms with Crippen molar-refractivity contribution >= 4 is 22.6 Å². The number of benzene rings is 3. The Hall–Kier alpha value is -4.06. The Balaban J connectivity index is 1.70. The highest BCUT2D eigenvalue weighted by molar-refractivity contribution is 6.10. The van der Waals surface area contributed by atoms with E-state index in [-0.39, 0.29) is 17.1 Å². The van der Waals surface area contributed by atoms with Crippen molar-refractivity contribution in [2.75, 3.05) is 18.1 Å². The molecule has 1 aliphatic heterocycles. The first kappa shape index (κ1) is 21.8. The van der Waals surface area contributed by atoms with Crippen LogP contribution >= 0.6 is 0 Å². The summed E-state index contributed by atoms with van der Waals surface area (Å²) in [5, 5.41) is 0.450. The lowest BCUT2D eigenvalue weighted by Gasteiger charge is -2.25. The maximum absolute atomic E-state index is 13.7. The molecule has 34 heavy (non-hydrogen) atoms. The molecule has 0 fully saturated rings. The van der Waals surface area contributed by atoms with Crippen LogP contribution in [0.1, 0.15) is 48.0 Å². The van der Waals surface area contributed by atoms with Crippen molar-refractivity contribution in [3.05, 3.63) is 99.9 Å². The van der Waals surface area contributed by atoms with Crippen molar-refractivity contribution in [3.63, 3.8) is 0 Å². The Kier molecular flexibility index (Phi) is 5.80. The summed E-state index contributed by atoms with van der Waals surface area (Å²) in [6, 6.07) is 21.2. The largest absolute Gasteiger partial charge is 0.494 e. The maximum Gasteiger partial charge on any atom is 0.295 e. The molecule has 0 saturated heterocycles. The number of rotatable bonds is 7. The molecule has 4 aromatic rings. The summed E-state index contributed by atoms with van der Waals surface area (Å²) in [5.74, 6) is 1.12. The van der Waals surface area contributed by atoms with Gasteiger partial charge in [-0.1, -0.05) is 31.2 Å². The summed E-state index contributed by atoms with van der Waals surface area (Å²) in [5.41, 5.74) is 1.95. The molecule has 1 atom stereocenters. The topological polar surface area (TPSA) is 69.0 Å². The molecular formula is C28H25NO5. The third kappa shape index (κ3) is 3.71. The lowest BCUT2D eigenvalue weighted by atomic mass is 9.98. The molecule has 6 nitrogen and oxygen atoms in total. The molecule has 0 N–H and O–H groups in total. The van der Waals surface area contributed by atoms with Crippen molar-refractivity contribution < 1.29 is 18.7 Å². The van der Waals surface area contributed by atoms with Gasteiger partial charge < -0.3 is 13.9 Å². The summed E-state index contributed by atoms with van der Waals surface area (Å²) in [6.07, 6.45) is 0.878. The zero-order chi connectivity index (χ0) is 23.7. The average molecular weight is 456 g/mol. The van der Waals surface area contributed by atoms with Crippen LogP contribution in [-0.4, -0.2) is 19.1 Å². The second kappa shape index (κ2) is 9.06. The standard InChI is InChI=1S/C28H25NO5/c1-3-16-33-21-9-7-8-18(17-21)25-24-26(30)22-10-5-6-11-23(22)34-27(24)28(31)29(25)19-12-14-20(15-13-19)32-4-2/h5-15,17,25H,3-4,16H2,1-2H3. The van der Waals surface area contributed by atoms with E-state index < -0.39 is 6.04 Å². The van der Waals surface area contributed by atoms with E-state index in [4.69, 9.17) is 13.9 Å². The molecule has 172 valence electrons. The van der Waals surface area contributed by atoms with Crippen LogP contribution in [0.4, 0.5) is 5.69 Å². The smallest absolute Gasteiger partial charge is 0.295 e. The average Bonchev–Trinajstić information content (AvgIpc) is 3.16. The molecule has 0 aliphatic carbocycles. The third-order valence-electron chi connectivity index (χ3n) is 5.85. The predicted molar refractivity (Wildman–Crippen MR) is 131 cm³/mol. The minimum absolute atomic E-state index is 0.0717. The van der Waals surface area contributed by atoms with Crippen LogP contribution in [0.2, 0.25) is 0 Å². The van der Waals surface area contributed by atoms with Gasteiger partial charge in [0.05, 0.1) is 30.2 Å². The summed E-state index contributed by atoms with van der Waals surface area (Å²) < 4.78 is 17.4. The first-order chi connectivity index (χ1) is 16.6. The number of para-hydroxylation sites is 1. The van der Waals surface area contributed by atoms with Gasteiger partial charge in [0.2, 0.25) is 5.76 Å². The number of hydrogen-bond donors (Lipinski definition) is 0. The Morgan fingerprint density at radius 3 is 2.44 bits per heavy atom. The zero-order valence-corrected chi connectivity index (χ0v) is 19.1. The Bertz CT molecular complexity index is 1410. The highest BCUT2D eigenvalue weighted by Gasteiger charge is 2.43. The number of carbonyl (C=O) groups excluding carboxylic acids is 1. The fourth-order valence-corrected chi connectivity index (χ4v) is 4.37. The van der Waals surface area contributed by atoms with E-state index in [0.717, 1.165) is 12.0 Å². The van der Waals surface area contributed by atoms with Gasteiger partial charge in [-0.3, -0.25) is 14.5 Å². The Morgan fingerprint density at radius 2 is 1.68 bits per heavy atom. The van der Waals surface area contributed by atoms with Gasteiger partial charge in [-0.15, -0.1) is 0 Å². The molecule has 6 heteroatoms. The fraction of sp³-hybridized carbons (Fsp3) is 0.214. The zero-order valence-electron chi connectivity index (χ0n) is 19.1. The number of carbonyl (C=O) groups is 1. The lowest BCUT2D eigenvalue weighted by molar-refractivity contribution is 0.0971. The number of hydrogen-bond acceptors (Lipinski definition) is 5.